The second kappa shape index (κ2) is 7.06. The molecule has 6 nitrogen and oxygen atoms in total. The summed E-state index contributed by atoms with van der Waals surface area (Å²) in [6.07, 6.45) is 3.34. The number of likely N-dealkylation sites (tertiary alicyclic amines) is 1. The number of rotatable bonds is 5. The zero-order valence-electron chi connectivity index (χ0n) is 13.5. The van der Waals surface area contributed by atoms with Crippen molar-refractivity contribution in [2.24, 2.45) is 0 Å². The molecule has 1 aliphatic heterocycles. The average Bonchev–Trinajstić information content (AvgIpc) is 3.41. The molecule has 7 heteroatoms. The number of carbonyl (C=O) groups is 1. The van der Waals surface area contributed by atoms with Crippen LogP contribution in [0.4, 0.5) is 0 Å². The molecule has 1 aromatic carbocycles. The summed E-state index contributed by atoms with van der Waals surface area (Å²) in [6, 6.07) is 11.6. The lowest BCUT2D eigenvalue weighted by molar-refractivity contribution is -0.134. The number of carbonyl (C=O) groups excluding carboxylic acids is 1. The Balaban J connectivity index is 1.37. The highest BCUT2D eigenvalue weighted by atomic mass is 32.1. The van der Waals surface area contributed by atoms with Gasteiger partial charge in [0.1, 0.15) is 5.75 Å². The lowest BCUT2D eigenvalue weighted by Gasteiger charge is -2.23. The topological polar surface area (TPSA) is 68.5 Å². The molecule has 4 rings (SSSR count). The summed E-state index contributed by atoms with van der Waals surface area (Å²) in [4.78, 5) is 15.7. The molecule has 1 atom stereocenters. The molecule has 0 unspecified atom stereocenters. The van der Waals surface area contributed by atoms with Crippen LogP contribution in [0.5, 0.6) is 5.75 Å². The second-order valence-corrected chi connectivity index (χ2v) is 6.80. The molecule has 0 aliphatic carbocycles. The normalized spacial score (nSPS) is 17.0. The SMILES string of the molecule is O=C(COc1ccc(-c2nnco2)cc1)N1CCC[C@@H]1c1cccs1. The molecule has 2 aromatic heterocycles. The van der Waals surface area contributed by atoms with E-state index in [0.717, 1.165) is 24.9 Å². The van der Waals surface area contributed by atoms with E-state index in [1.54, 1.807) is 23.5 Å². The standard InChI is InChI=1S/C18H17N3O3S/c22-17(21-9-1-3-15(21)16-4-2-10-25-16)11-23-14-7-5-13(6-8-14)18-20-19-12-24-18/h2,4-8,10,12,15H,1,3,9,11H2/t15-/m1/s1. The monoisotopic (exact) mass is 355 g/mol. The quantitative estimate of drug-likeness (QED) is 0.700. The van der Waals surface area contributed by atoms with E-state index >= 15 is 0 Å². The summed E-state index contributed by atoms with van der Waals surface area (Å²) in [5.41, 5.74) is 0.813. The molecule has 0 bridgehead atoms. The zero-order chi connectivity index (χ0) is 17.1. The van der Waals surface area contributed by atoms with Gasteiger partial charge in [0.15, 0.2) is 6.61 Å². The summed E-state index contributed by atoms with van der Waals surface area (Å²) in [7, 11) is 0. The molecule has 3 aromatic rings. The molecular weight excluding hydrogens is 338 g/mol. The van der Waals surface area contributed by atoms with Crippen LogP contribution in [-0.2, 0) is 4.79 Å². The molecule has 0 saturated carbocycles. The van der Waals surface area contributed by atoms with Gasteiger partial charge in [-0.05, 0) is 48.6 Å². The highest BCUT2D eigenvalue weighted by molar-refractivity contribution is 7.10. The largest absolute Gasteiger partial charge is 0.484 e. The van der Waals surface area contributed by atoms with Gasteiger partial charge in [-0.1, -0.05) is 6.07 Å². The molecular formula is C18H17N3O3S. The summed E-state index contributed by atoms with van der Waals surface area (Å²) < 4.78 is 10.8. The molecule has 1 saturated heterocycles. The van der Waals surface area contributed by atoms with Crippen molar-refractivity contribution in [2.45, 2.75) is 18.9 Å². The van der Waals surface area contributed by atoms with Crippen molar-refractivity contribution in [2.75, 3.05) is 13.2 Å². The maximum absolute atomic E-state index is 12.6. The van der Waals surface area contributed by atoms with Crippen LogP contribution < -0.4 is 4.74 Å². The minimum absolute atomic E-state index is 0.0249. The third kappa shape index (κ3) is 3.41. The molecule has 0 radical (unpaired) electrons. The Labute approximate surface area is 149 Å². The van der Waals surface area contributed by atoms with Crippen molar-refractivity contribution in [1.29, 1.82) is 0 Å². The van der Waals surface area contributed by atoms with E-state index in [9.17, 15) is 4.79 Å². The lowest BCUT2D eigenvalue weighted by Crippen LogP contribution is -2.34. The van der Waals surface area contributed by atoms with E-state index in [0.29, 0.717) is 11.6 Å². The number of ether oxygens (including phenoxy) is 1. The van der Waals surface area contributed by atoms with Gasteiger partial charge in [0.25, 0.3) is 5.91 Å². The van der Waals surface area contributed by atoms with E-state index < -0.39 is 0 Å². The fourth-order valence-electron chi connectivity index (χ4n) is 3.06. The number of amides is 1. The van der Waals surface area contributed by atoms with Gasteiger partial charge in [0.2, 0.25) is 12.3 Å². The zero-order valence-corrected chi connectivity index (χ0v) is 14.3. The summed E-state index contributed by atoms with van der Waals surface area (Å²) in [6.45, 7) is 0.836. The van der Waals surface area contributed by atoms with Crippen LogP contribution in [0.2, 0.25) is 0 Å². The number of aromatic nitrogens is 2. The van der Waals surface area contributed by atoms with Gasteiger partial charge in [-0.15, -0.1) is 21.5 Å². The van der Waals surface area contributed by atoms with Gasteiger partial charge in [-0.3, -0.25) is 4.79 Å². The van der Waals surface area contributed by atoms with Crippen LogP contribution in [0.25, 0.3) is 11.5 Å². The Hall–Kier alpha value is -2.67. The van der Waals surface area contributed by atoms with Crippen molar-refractivity contribution in [3.63, 3.8) is 0 Å². The van der Waals surface area contributed by atoms with E-state index in [4.69, 9.17) is 9.15 Å². The molecule has 1 amide bonds. The third-order valence-corrected chi connectivity index (χ3v) is 5.24. The van der Waals surface area contributed by atoms with Crippen molar-refractivity contribution in [3.05, 3.63) is 53.0 Å². The van der Waals surface area contributed by atoms with Crippen molar-refractivity contribution in [3.8, 4) is 17.2 Å². The maximum atomic E-state index is 12.6. The Morgan fingerprint density at radius 2 is 2.20 bits per heavy atom. The van der Waals surface area contributed by atoms with Gasteiger partial charge in [-0.2, -0.15) is 0 Å². The highest BCUT2D eigenvalue weighted by Gasteiger charge is 2.30. The number of hydrogen-bond acceptors (Lipinski definition) is 6. The van der Waals surface area contributed by atoms with E-state index in [1.807, 2.05) is 23.1 Å². The number of thiophene rings is 1. The molecule has 128 valence electrons. The first-order valence-electron chi connectivity index (χ1n) is 8.13. The van der Waals surface area contributed by atoms with Crippen LogP contribution in [0.3, 0.4) is 0 Å². The Bertz CT molecular complexity index is 816. The minimum Gasteiger partial charge on any atom is -0.484 e. The predicted molar refractivity (Wildman–Crippen MR) is 93.2 cm³/mol. The fourth-order valence-corrected chi connectivity index (χ4v) is 3.94. The van der Waals surface area contributed by atoms with Gasteiger partial charge in [0, 0.05) is 17.0 Å². The van der Waals surface area contributed by atoms with Gasteiger partial charge in [-0.25, -0.2) is 0 Å². The van der Waals surface area contributed by atoms with Crippen molar-refractivity contribution < 1.29 is 13.9 Å². The molecule has 1 aliphatic rings. The Kier molecular flexibility index (Phi) is 4.47. The number of nitrogens with zero attached hydrogens (tertiary/aromatic N) is 3. The third-order valence-electron chi connectivity index (χ3n) is 4.27. The van der Waals surface area contributed by atoms with Crippen LogP contribution >= 0.6 is 11.3 Å². The Morgan fingerprint density at radius 1 is 1.32 bits per heavy atom. The Morgan fingerprint density at radius 3 is 2.92 bits per heavy atom. The van der Waals surface area contributed by atoms with Gasteiger partial charge in [0.05, 0.1) is 6.04 Å². The summed E-state index contributed by atoms with van der Waals surface area (Å²) >= 11 is 1.70. The van der Waals surface area contributed by atoms with Crippen LogP contribution in [0, 0.1) is 0 Å². The van der Waals surface area contributed by atoms with Crippen molar-refractivity contribution in [1.82, 2.24) is 15.1 Å². The minimum atomic E-state index is 0.0249. The average molecular weight is 355 g/mol. The lowest BCUT2D eigenvalue weighted by atomic mass is 10.2. The van der Waals surface area contributed by atoms with E-state index in [1.165, 1.54) is 11.3 Å². The first-order chi connectivity index (χ1) is 12.3. The van der Waals surface area contributed by atoms with E-state index in [2.05, 4.69) is 21.6 Å². The number of benzene rings is 1. The molecule has 25 heavy (non-hydrogen) atoms. The van der Waals surface area contributed by atoms with Crippen LogP contribution in [0.1, 0.15) is 23.8 Å². The highest BCUT2D eigenvalue weighted by Crippen LogP contribution is 2.34. The fraction of sp³-hybridized carbons (Fsp3) is 0.278. The smallest absolute Gasteiger partial charge is 0.261 e. The maximum Gasteiger partial charge on any atom is 0.261 e. The molecule has 1 fully saturated rings. The van der Waals surface area contributed by atoms with Gasteiger partial charge >= 0.3 is 0 Å². The first kappa shape index (κ1) is 15.8. The molecule has 0 spiro atoms. The van der Waals surface area contributed by atoms with Gasteiger partial charge < -0.3 is 14.1 Å². The number of hydrogen-bond donors (Lipinski definition) is 0. The first-order valence-corrected chi connectivity index (χ1v) is 9.01. The summed E-state index contributed by atoms with van der Waals surface area (Å²) in [5.74, 6) is 1.12. The van der Waals surface area contributed by atoms with E-state index in [-0.39, 0.29) is 18.6 Å². The van der Waals surface area contributed by atoms with Crippen molar-refractivity contribution >= 4 is 17.2 Å². The molecule has 0 N–H and O–H groups in total. The molecule has 3 heterocycles. The summed E-state index contributed by atoms with van der Waals surface area (Å²) in [5, 5.41) is 9.57. The second-order valence-electron chi connectivity index (χ2n) is 5.82. The predicted octanol–water partition coefficient (Wildman–Crippen LogP) is 3.54. The van der Waals surface area contributed by atoms with Crippen LogP contribution in [0.15, 0.2) is 52.6 Å². The van der Waals surface area contributed by atoms with Crippen LogP contribution in [-0.4, -0.2) is 34.2 Å².